The van der Waals surface area contributed by atoms with Gasteiger partial charge in [0.2, 0.25) is 5.76 Å². The number of carbonyl (C=O) groups is 2. The summed E-state index contributed by atoms with van der Waals surface area (Å²) in [6, 6.07) is 1.53. The first-order valence-corrected chi connectivity index (χ1v) is 5.68. The monoisotopic (exact) mass is 292 g/mol. The Labute approximate surface area is 110 Å². The number of furan rings is 1. The van der Waals surface area contributed by atoms with Gasteiger partial charge in [0.25, 0.3) is 0 Å². The summed E-state index contributed by atoms with van der Waals surface area (Å²) in [7, 11) is 0. The van der Waals surface area contributed by atoms with Crippen molar-refractivity contribution in [3.8, 4) is 0 Å². The maximum Gasteiger partial charge on any atom is 0.411 e. The van der Waals surface area contributed by atoms with Crippen LogP contribution in [-0.4, -0.2) is 28.8 Å². The predicted molar refractivity (Wildman–Crippen MR) is 59.1 cm³/mol. The second kappa shape index (κ2) is 4.73. The number of nitrogens with one attached hydrogen (secondary N) is 2. The fourth-order valence-corrected chi connectivity index (χ4v) is 1.62. The topological polar surface area (TPSA) is 91.6 Å². The molecular weight excluding hydrogens is 281 g/mol. The third kappa shape index (κ3) is 2.86. The molecule has 6 nitrogen and oxygen atoms in total. The number of amides is 2. The van der Waals surface area contributed by atoms with E-state index < -0.39 is 23.7 Å². The van der Waals surface area contributed by atoms with Gasteiger partial charge in [-0.3, -0.25) is 0 Å². The number of alkyl halides is 3. The molecule has 0 aliphatic heterocycles. The van der Waals surface area contributed by atoms with E-state index >= 15 is 0 Å². The Kier molecular flexibility index (Phi) is 3.36. The van der Waals surface area contributed by atoms with Crippen molar-refractivity contribution in [1.82, 2.24) is 10.6 Å². The first kappa shape index (κ1) is 14.2. The van der Waals surface area contributed by atoms with E-state index in [2.05, 4.69) is 5.32 Å². The fourth-order valence-electron chi connectivity index (χ4n) is 1.62. The molecule has 0 spiro atoms. The number of rotatable bonds is 4. The van der Waals surface area contributed by atoms with Crippen LogP contribution in [0.5, 0.6) is 0 Å². The molecule has 1 saturated carbocycles. The molecule has 0 atom stereocenters. The minimum absolute atomic E-state index is 0.134. The molecule has 1 aliphatic carbocycles. The van der Waals surface area contributed by atoms with E-state index in [1.807, 2.05) is 5.32 Å². The third-order valence-corrected chi connectivity index (χ3v) is 2.94. The highest BCUT2D eigenvalue weighted by molar-refractivity contribution is 5.84. The summed E-state index contributed by atoms with van der Waals surface area (Å²) in [5.74, 6) is -1.44. The zero-order valence-electron chi connectivity index (χ0n) is 10.1. The van der Waals surface area contributed by atoms with Crippen molar-refractivity contribution in [2.75, 3.05) is 0 Å². The third-order valence-electron chi connectivity index (χ3n) is 2.94. The zero-order valence-corrected chi connectivity index (χ0v) is 10.1. The Balaban J connectivity index is 1.85. The Morgan fingerprint density at radius 1 is 1.35 bits per heavy atom. The number of aromatic carboxylic acids is 1. The normalized spacial score (nSPS) is 16.6. The highest BCUT2D eigenvalue weighted by atomic mass is 19.4. The molecule has 1 aliphatic rings. The molecule has 0 aromatic carbocycles. The summed E-state index contributed by atoms with van der Waals surface area (Å²) in [6.07, 6.45) is -4.77. The van der Waals surface area contributed by atoms with E-state index in [-0.39, 0.29) is 30.9 Å². The molecule has 1 fully saturated rings. The van der Waals surface area contributed by atoms with Crippen LogP contribution in [0, 0.1) is 0 Å². The number of hydrogen-bond acceptors (Lipinski definition) is 3. The first-order valence-electron chi connectivity index (χ1n) is 5.68. The highest BCUT2D eigenvalue weighted by Crippen LogP contribution is 2.48. The second-order valence-electron chi connectivity index (χ2n) is 4.46. The lowest BCUT2D eigenvalue weighted by Crippen LogP contribution is -2.51. The van der Waals surface area contributed by atoms with E-state index in [9.17, 15) is 22.8 Å². The van der Waals surface area contributed by atoms with Gasteiger partial charge >= 0.3 is 18.2 Å². The molecule has 0 radical (unpaired) electrons. The summed E-state index contributed by atoms with van der Waals surface area (Å²) >= 11 is 0. The van der Waals surface area contributed by atoms with Crippen LogP contribution in [-0.2, 0) is 6.54 Å². The summed E-state index contributed by atoms with van der Waals surface area (Å²) in [5, 5.41) is 12.7. The molecule has 2 amide bonds. The Morgan fingerprint density at radius 2 is 2.00 bits per heavy atom. The van der Waals surface area contributed by atoms with Crippen LogP contribution in [0.3, 0.4) is 0 Å². The summed E-state index contributed by atoms with van der Waals surface area (Å²) in [6.45, 7) is -0.201. The molecule has 1 heterocycles. The molecule has 9 heteroatoms. The summed E-state index contributed by atoms with van der Waals surface area (Å²) < 4.78 is 42.6. The van der Waals surface area contributed by atoms with Gasteiger partial charge in [-0.25, -0.2) is 9.59 Å². The van der Waals surface area contributed by atoms with Gasteiger partial charge in [0.1, 0.15) is 11.3 Å². The van der Waals surface area contributed by atoms with Crippen molar-refractivity contribution in [3.05, 3.63) is 23.7 Å². The van der Waals surface area contributed by atoms with Crippen molar-refractivity contribution >= 4 is 12.0 Å². The molecule has 0 saturated heterocycles. The van der Waals surface area contributed by atoms with Crippen molar-refractivity contribution in [1.29, 1.82) is 0 Å². The van der Waals surface area contributed by atoms with Gasteiger partial charge in [-0.15, -0.1) is 0 Å². The summed E-state index contributed by atoms with van der Waals surface area (Å²) in [5.41, 5.74) is -2.13. The number of hydrogen-bond donors (Lipinski definition) is 3. The lowest BCUT2D eigenvalue weighted by molar-refractivity contribution is -0.162. The lowest BCUT2D eigenvalue weighted by Gasteiger charge is -2.20. The van der Waals surface area contributed by atoms with Crippen molar-refractivity contribution in [2.24, 2.45) is 0 Å². The van der Waals surface area contributed by atoms with Gasteiger partial charge in [-0.1, -0.05) is 0 Å². The quantitative estimate of drug-likeness (QED) is 0.790. The molecule has 110 valence electrons. The number of urea groups is 1. The van der Waals surface area contributed by atoms with Crippen LogP contribution in [0.2, 0.25) is 0 Å². The van der Waals surface area contributed by atoms with Gasteiger partial charge in [0, 0.05) is 0 Å². The van der Waals surface area contributed by atoms with E-state index in [0.717, 1.165) is 0 Å². The number of halogens is 3. The minimum Gasteiger partial charge on any atom is -0.475 e. The molecule has 1 aromatic heterocycles. The first-order chi connectivity index (χ1) is 9.23. The standard InChI is InChI=1S/C11H11F3N2O4/c12-11(13,14)10(3-4-10)16-9(19)15-5-6-1-2-7(20-6)8(17)18/h1-2H,3-5H2,(H,17,18)(H2,15,16,19). The van der Waals surface area contributed by atoms with Gasteiger partial charge in [-0.2, -0.15) is 13.2 Å². The molecule has 0 unspecified atom stereocenters. The largest absolute Gasteiger partial charge is 0.475 e. The molecule has 20 heavy (non-hydrogen) atoms. The average molecular weight is 292 g/mol. The van der Waals surface area contributed by atoms with Crippen LogP contribution in [0.25, 0.3) is 0 Å². The van der Waals surface area contributed by atoms with E-state index in [1.165, 1.54) is 12.1 Å². The van der Waals surface area contributed by atoms with Gasteiger partial charge in [-0.05, 0) is 25.0 Å². The molecule has 2 rings (SSSR count). The molecular formula is C11H11F3N2O4. The summed E-state index contributed by atoms with van der Waals surface area (Å²) in [4.78, 5) is 21.9. The van der Waals surface area contributed by atoms with Gasteiger partial charge < -0.3 is 20.2 Å². The molecule has 3 N–H and O–H groups in total. The van der Waals surface area contributed by atoms with E-state index in [0.29, 0.717) is 0 Å². The van der Waals surface area contributed by atoms with Crippen LogP contribution in [0.15, 0.2) is 16.5 Å². The number of carboxylic acids is 1. The van der Waals surface area contributed by atoms with Crippen molar-refractivity contribution in [2.45, 2.75) is 31.1 Å². The Bertz CT molecular complexity index is 534. The van der Waals surface area contributed by atoms with Gasteiger partial charge in [0.05, 0.1) is 6.54 Å². The van der Waals surface area contributed by atoms with E-state index in [1.54, 1.807) is 0 Å². The zero-order chi connectivity index (χ0) is 15.0. The lowest BCUT2D eigenvalue weighted by atomic mass is 10.2. The molecule has 0 bridgehead atoms. The predicted octanol–water partition coefficient (Wildman–Crippen LogP) is 1.87. The maximum absolute atomic E-state index is 12.6. The van der Waals surface area contributed by atoms with Crippen LogP contribution < -0.4 is 10.6 Å². The van der Waals surface area contributed by atoms with Crippen LogP contribution >= 0.6 is 0 Å². The Hall–Kier alpha value is -2.19. The SMILES string of the molecule is O=C(NCc1ccc(C(=O)O)o1)NC1(C(F)(F)F)CC1. The Morgan fingerprint density at radius 3 is 2.45 bits per heavy atom. The minimum atomic E-state index is -4.48. The van der Waals surface area contributed by atoms with Crippen molar-refractivity contribution < 1.29 is 32.3 Å². The smallest absolute Gasteiger partial charge is 0.411 e. The average Bonchev–Trinajstić information content (AvgIpc) is 2.96. The highest BCUT2D eigenvalue weighted by Gasteiger charge is 2.64. The van der Waals surface area contributed by atoms with Crippen LogP contribution in [0.4, 0.5) is 18.0 Å². The molecule has 1 aromatic rings. The maximum atomic E-state index is 12.6. The van der Waals surface area contributed by atoms with Gasteiger partial charge in [0.15, 0.2) is 0 Å². The number of carbonyl (C=O) groups excluding carboxylic acids is 1. The second-order valence-corrected chi connectivity index (χ2v) is 4.46. The fraction of sp³-hybridized carbons (Fsp3) is 0.455. The van der Waals surface area contributed by atoms with Crippen LogP contribution in [0.1, 0.15) is 29.2 Å². The number of carboxylic acid groups (broad SMARTS) is 1. The van der Waals surface area contributed by atoms with Crippen molar-refractivity contribution in [3.63, 3.8) is 0 Å². The van der Waals surface area contributed by atoms with E-state index in [4.69, 9.17) is 9.52 Å².